The van der Waals surface area contributed by atoms with Crippen molar-refractivity contribution in [1.82, 2.24) is 9.97 Å². The third-order valence-electron chi connectivity index (χ3n) is 2.55. The molecule has 1 atom stereocenters. The highest BCUT2D eigenvalue weighted by atomic mass is 15.0. The van der Waals surface area contributed by atoms with Gasteiger partial charge in [-0.25, -0.2) is 9.97 Å². The lowest BCUT2D eigenvalue weighted by molar-refractivity contribution is 0.868. The van der Waals surface area contributed by atoms with Gasteiger partial charge in [-0.2, -0.15) is 0 Å². The van der Waals surface area contributed by atoms with Gasteiger partial charge in [0.05, 0.1) is 0 Å². The zero-order chi connectivity index (χ0) is 11.4. The standard InChI is InChI=1S/C13H15N3/c1-10-8-14-9-15-13(10)16-11(2)12-6-4-3-5-7-12/h3-9,11H,1-2H3,(H,14,15,16). The molecule has 0 saturated carbocycles. The fourth-order valence-corrected chi connectivity index (χ4v) is 1.58. The van der Waals surface area contributed by atoms with Crippen LogP contribution >= 0.6 is 0 Å². The van der Waals surface area contributed by atoms with Crippen molar-refractivity contribution in [1.29, 1.82) is 0 Å². The third-order valence-corrected chi connectivity index (χ3v) is 2.55. The largest absolute Gasteiger partial charge is 0.363 e. The lowest BCUT2D eigenvalue weighted by Gasteiger charge is -2.15. The van der Waals surface area contributed by atoms with Crippen LogP contribution in [0.3, 0.4) is 0 Å². The van der Waals surface area contributed by atoms with E-state index in [9.17, 15) is 0 Å². The first-order valence-corrected chi connectivity index (χ1v) is 5.35. The molecule has 3 nitrogen and oxygen atoms in total. The smallest absolute Gasteiger partial charge is 0.132 e. The van der Waals surface area contributed by atoms with Crippen molar-refractivity contribution in [3.05, 3.63) is 54.0 Å². The Morgan fingerprint density at radius 2 is 1.94 bits per heavy atom. The Kier molecular flexibility index (Phi) is 3.15. The maximum atomic E-state index is 4.22. The van der Waals surface area contributed by atoms with Crippen molar-refractivity contribution in [3.8, 4) is 0 Å². The second-order valence-corrected chi connectivity index (χ2v) is 3.83. The van der Waals surface area contributed by atoms with E-state index in [0.717, 1.165) is 11.4 Å². The van der Waals surface area contributed by atoms with Crippen molar-refractivity contribution in [2.45, 2.75) is 19.9 Å². The lowest BCUT2D eigenvalue weighted by Crippen LogP contribution is -2.09. The molecule has 0 aliphatic heterocycles. The summed E-state index contributed by atoms with van der Waals surface area (Å²) in [7, 11) is 0. The summed E-state index contributed by atoms with van der Waals surface area (Å²) in [5, 5.41) is 3.38. The van der Waals surface area contributed by atoms with Crippen LogP contribution in [0, 0.1) is 6.92 Å². The number of aryl methyl sites for hydroxylation is 1. The number of nitrogens with one attached hydrogen (secondary N) is 1. The van der Waals surface area contributed by atoms with Crippen molar-refractivity contribution < 1.29 is 0 Å². The van der Waals surface area contributed by atoms with Crippen molar-refractivity contribution in [3.63, 3.8) is 0 Å². The van der Waals surface area contributed by atoms with E-state index in [0.29, 0.717) is 0 Å². The van der Waals surface area contributed by atoms with Gasteiger partial charge in [0, 0.05) is 17.8 Å². The van der Waals surface area contributed by atoms with E-state index in [-0.39, 0.29) is 6.04 Å². The van der Waals surface area contributed by atoms with Crippen LogP contribution in [0.15, 0.2) is 42.9 Å². The predicted molar refractivity (Wildman–Crippen MR) is 65.2 cm³/mol. The Morgan fingerprint density at radius 3 is 2.62 bits per heavy atom. The van der Waals surface area contributed by atoms with Crippen LogP contribution in [0.25, 0.3) is 0 Å². The fraction of sp³-hybridized carbons (Fsp3) is 0.231. The summed E-state index contributed by atoms with van der Waals surface area (Å²) in [6.45, 7) is 4.12. The molecule has 0 fully saturated rings. The van der Waals surface area contributed by atoms with E-state index in [1.807, 2.05) is 31.3 Å². The van der Waals surface area contributed by atoms with Gasteiger partial charge < -0.3 is 5.32 Å². The highest BCUT2D eigenvalue weighted by Gasteiger charge is 2.06. The van der Waals surface area contributed by atoms with E-state index in [1.165, 1.54) is 5.56 Å². The monoisotopic (exact) mass is 213 g/mol. The molecule has 0 amide bonds. The van der Waals surface area contributed by atoms with E-state index in [4.69, 9.17) is 0 Å². The maximum Gasteiger partial charge on any atom is 0.132 e. The Labute approximate surface area is 95.6 Å². The average Bonchev–Trinajstić information content (AvgIpc) is 2.33. The van der Waals surface area contributed by atoms with Gasteiger partial charge in [-0.1, -0.05) is 30.3 Å². The summed E-state index contributed by atoms with van der Waals surface area (Å²) in [6.07, 6.45) is 3.38. The quantitative estimate of drug-likeness (QED) is 0.851. The number of nitrogens with zero attached hydrogens (tertiary/aromatic N) is 2. The van der Waals surface area contributed by atoms with Gasteiger partial charge in [-0.15, -0.1) is 0 Å². The Morgan fingerprint density at radius 1 is 1.19 bits per heavy atom. The summed E-state index contributed by atoms with van der Waals surface area (Å²) in [4.78, 5) is 8.20. The molecule has 16 heavy (non-hydrogen) atoms. The number of rotatable bonds is 3. The summed E-state index contributed by atoms with van der Waals surface area (Å²) in [5.41, 5.74) is 2.31. The summed E-state index contributed by atoms with van der Waals surface area (Å²) in [5.74, 6) is 0.895. The molecule has 0 spiro atoms. The van der Waals surface area contributed by atoms with Crippen LogP contribution in [-0.4, -0.2) is 9.97 Å². The van der Waals surface area contributed by atoms with E-state index in [1.54, 1.807) is 6.33 Å². The zero-order valence-electron chi connectivity index (χ0n) is 9.51. The molecule has 0 aliphatic carbocycles. The molecule has 0 saturated heterocycles. The minimum Gasteiger partial charge on any atom is -0.363 e. The minimum atomic E-state index is 0.245. The third kappa shape index (κ3) is 2.37. The van der Waals surface area contributed by atoms with Gasteiger partial charge in [-0.3, -0.25) is 0 Å². The number of benzene rings is 1. The van der Waals surface area contributed by atoms with E-state index >= 15 is 0 Å². The van der Waals surface area contributed by atoms with Gasteiger partial charge in [0.25, 0.3) is 0 Å². The van der Waals surface area contributed by atoms with Gasteiger partial charge in [-0.05, 0) is 19.4 Å². The highest BCUT2D eigenvalue weighted by molar-refractivity contribution is 5.43. The Bertz CT molecular complexity index is 454. The summed E-state index contributed by atoms with van der Waals surface area (Å²) in [6, 6.07) is 10.6. The molecule has 1 heterocycles. The molecular weight excluding hydrogens is 198 g/mol. The maximum absolute atomic E-state index is 4.22. The molecule has 0 aliphatic rings. The first-order chi connectivity index (χ1) is 7.77. The first kappa shape index (κ1) is 10.6. The molecule has 1 unspecified atom stereocenters. The van der Waals surface area contributed by atoms with Gasteiger partial charge in [0.15, 0.2) is 0 Å². The molecule has 0 bridgehead atoms. The molecule has 82 valence electrons. The molecule has 3 heteroatoms. The molecule has 2 rings (SSSR count). The van der Waals surface area contributed by atoms with E-state index in [2.05, 4.69) is 34.3 Å². The predicted octanol–water partition coefficient (Wildman–Crippen LogP) is 2.96. The lowest BCUT2D eigenvalue weighted by atomic mass is 10.1. The molecule has 1 aromatic heterocycles. The molecule has 1 aromatic carbocycles. The van der Waals surface area contributed by atoms with Crippen LogP contribution in [0.4, 0.5) is 5.82 Å². The van der Waals surface area contributed by atoms with Crippen LogP contribution < -0.4 is 5.32 Å². The summed E-state index contributed by atoms with van der Waals surface area (Å²) < 4.78 is 0. The number of anilines is 1. The normalized spacial score (nSPS) is 12.1. The van der Waals surface area contributed by atoms with Crippen LogP contribution in [0.5, 0.6) is 0 Å². The van der Waals surface area contributed by atoms with Gasteiger partial charge >= 0.3 is 0 Å². The van der Waals surface area contributed by atoms with Crippen molar-refractivity contribution >= 4 is 5.82 Å². The van der Waals surface area contributed by atoms with Crippen molar-refractivity contribution in [2.75, 3.05) is 5.32 Å². The number of hydrogen-bond acceptors (Lipinski definition) is 3. The molecule has 0 radical (unpaired) electrons. The highest BCUT2D eigenvalue weighted by Crippen LogP contribution is 2.18. The number of aromatic nitrogens is 2. The molecular formula is C13H15N3. The van der Waals surface area contributed by atoms with Crippen LogP contribution in [0.1, 0.15) is 24.1 Å². The molecule has 1 N–H and O–H groups in total. The van der Waals surface area contributed by atoms with Gasteiger partial charge in [0.1, 0.15) is 12.1 Å². The second kappa shape index (κ2) is 4.75. The van der Waals surface area contributed by atoms with Gasteiger partial charge in [0.2, 0.25) is 0 Å². The Balaban J connectivity index is 2.14. The topological polar surface area (TPSA) is 37.8 Å². The molecule has 2 aromatic rings. The SMILES string of the molecule is Cc1cncnc1NC(C)c1ccccc1. The fourth-order valence-electron chi connectivity index (χ4n) is 1.58. The van der Waals surface area contributed by atoms with E-state index < -0.39 is 0 Å². The Hall–Kier alpha value is -1.90. The first-order valence-electron chi connectivity index (χ1n) is 5.35. The number of hydrogen-bond donors (Lipinski definition) is 1. The average molecular weight is 213 g/mol. The second-order valence-electron chi connectivity index (χ2n) is 3.83. The zero-order valence-corrected chi connectivity index (χ0v) is 9.51. The van der Waals surface area contributed by atoms with Crippen LogP contribution in [0.2, 0.25) is 0 Å². The van der Waals surface area contributed by atoms with Crippen LogP contribution in [-0.2, 0) is 0 Å². The minimum absolute atomic E-state index is 0.245. The van der Waals surface area contributed by atoms with Crippen molar-refractivity contribution in [2.24, 2.45) is 0 Å². The summed E-state index contributed by atoms with van der Waals surface area (Å²) >= 11 is 0.